The van der Waals surface area contributed by atoms with Gasteiger partial charge in [0.05, 0.1) is 11.7 Å². The van der Waals surface area contributed by atoms with Crippen LogP contribution in [0, 0.1) is 5.92 Å². The van der Waals surface area contributed by atoms with Gasteiger partial charge in [0.2, 0.25) is 5.91 Å². The summed E-state index contributed by atoms with van der Waals surface area (Å²) in [7, 11) is 0. The number of rotatable bonds is 7. The minimum atomic E-state index is -0.0705. The molecule has 1 aliphatic rings. The molecule has 0 N–H and O–H groups in total. The molecule has 0 aliphatic heterocycles. The molecule has 2 aromatic heterocycles. The first-order valence-electron chi connectivity index (χ1n) is 9.39. The summed E-state index contributed by atoms with van der Waals surface area (Å²) in [6, 6.07) is 12.1. The number of fused-ring (bicyclic) bond motifs is 1. The Morgan fingerprint density at radius 1 is 1.30 bits per heavy atom. The summed E-state index contributed by atoms with van der Waals surface area (Å²) >= 11 is 1.46. The minimum Gasteiger partial charge on any atom is -0.335 e. The molecule has 1 aromatic carbocycles. The molecule has 1 amide bonds. The van der Waals surface area contributed by atoms with Crippen molar-refractivity contribution in [3.63, 3.8) is 0 Å². The third-order valence-corrected chi connectivity index (χ3v) is 6.15. The first-order chi connectivity index (χ1) is 13.1. The van der Waals surface area contributed by atoms with Crippen LogP contribution in [0.1, 0.15) is 31.7 Å². The monoisotopic (exact) mass is 381 g/mol. The summed E-state index contributed by atoms with van der Waals surface area (Å²) in [5.41, 5.74) is 1.07. The largest absolute Gasteiger partial charge is 0.335 e. The standard InChI is InChI=1S/C21H23N3O2S/c1-15(17-7-8-17)24(13-16-5-3-2-4-6-16)19(25)9-11-23-14-22-20-18(21(23)26)10-12-27-20/h2-6,10,12,14-15,17H,7-9,11,13H2,1H3. The van der Waals surface area contributed by atoms with E-state index in [9.17, 15) is 9.59 Å². The highest BCUT2D eigenvalue weighted by atomic mass is 32.1. The molecule has 1 fully saturated rings. The van der Waals surface area contributed by atoms with E-state index in [0.717, 1.165) is 10.4 Å². The normalized spacial score (nSPS) is 15.0. The van der Waals surface area contributed by atoms with Gasteiger partial charge in [-0.25, -0.2) is 4.98 Å². The van der Waals surface area contributed by atoms with Gasteiger partial charge in [-0.3, -0.25) is 14.2 Å². The zero-order valence-corrected chi connectivity index (χ0v) is 16.2. The molecule has 0 bridgehead atoms. The van der Waals surface area contributed by atoms with E-state index in [2.05, 4.69) is 24.0 Å². The molecule has 1 unspecified atom stereocenters. The number of amides is 1. The average molecular weight is 382 g/mol. The number of carbonyl (C=O) groups excluding carboxylic acids is 1. The fourth-order valence-electron chi connectivity index (χ4n) is 3.48. The van der Waals surface area contributed by atoms with Crippen molar-refractivity contribution in [2.75, 3.05) is 0 Å². The molecule has 27 heavy (non-hydrogen) atoms. The first kappa shape index (κ1) is 17.9. The van der Waals surface area contributed by atoms with Crippen molar-refractivity contribution < 1.29 is 4.79 Å². The lowest BCUT2D eigenvalue weighted by Gasteiger charge is -2.30. The molecule has 6 heteroatoms. The van der Waals surface area contributed by atoms with Crippen molar-refractivity contribution in [2.45, 2.75) is 45.3 Å². The summed E-state index contributed by atoms with van der Waals surface area (Å²) in [5, 5.41) is 2.50. The van der Waals surface area contributed by atoms with Crippen LogP contribution < -0.4 is 5.56 Å². The molecule has 1 saturated carbocycles. The van der Waals surface area contributed by atoms with Gasteiger partial charge in [-0.1, -0.05) is 30.3 Å². The SMILES string of the molecule is CC(C1CC1)N(Cc1ccccc1)C(=O)CCn1cnc2sccc2c1=O. The maximum atomic E-state index is 13.0. The smallest absolute Gasteiger partial charge is 0.262 e. The lowest BCUT2D eigenvalue weighted by atomic mass is 10.1. The van der Waals surface area contributed by atoms with E-state index < -0.39 is 0 Å². The molecular formula is C21H23N3O2S. The maximum Gasteiger partial charge on any atom is 0.262 e. The molecule has 2 heterocycles. The molecule has 4 rings (SSSR count). The Bertz CT molecular complexity index is 991. The topological polar surface area (TPSA) is 55.2 Å². The molecule has 5 nitrogen and oxygen atoms in total. The molecule has 1 atom stereocenters. The highest BCUT2D eigenvalue weighted by Crippen LogP contribution is 2.36. The molecule has 140 valence electrons. The number of hydrogen-bond donors (Lipinski definition) is 0. The van der Waals surface area contributed by atoms with E-state index in [4.69, 9.17) is 0 Å². The van der Waals surface area contributed by atoms with E-state index in [0.29, 0.717) is 30.8 Å². The molecule has 0 spiro atoms. The lowest BCUT2D eigenvalue weighted by Crippen LogP contribution is -2.40. The summed E-state index contributed by atoms with van der Waals surface area (Å²) in [6.45, 7) is 3.12. The van der Waals surface area contributed by atoms with Crippen molar-refractivity contribution >= 4 is 27.5 Å². The van der Waals surface area contributed by atoms with Crippen molar-refractivity contribution in [3.05, 3.63) is 64.0 Å². The molecule has 0 saturated heterocycles. The van der Waals surface area contributed by atoms with Crippen LogP contribution in [0.5, 0.6) is 0 Å². The second kappa shape index (κ2) is 7.64. The van der Waals surface area contributed by atoms with Crippen LogP contribution >= 0.6 is 11.3 Å². The van der Waals surface area contributed by atoms with E-state index >= 15 is 0 Å². The van der Waals surface area contributed by atoms with Crippen LogP contribution in [0.15, 0.2) is 52.9 Å². The van der Waals surface area contributed by atoms with Crippen molar-refractivity contribution in [3.8, 4) is 0 Å². The number of carbonyl (C=O) groups is 1. The van der Waals surface area contributed by atoms with Crippen LogP contribution in [-0.4, -0.2) is 26.4 Å². The molecule has 1 aliphatic carbocycles. The van der Waals surface area contributed by atoms with E-state index in [1.54, 1.807) is 17.0 Å². The van der Waals surface area contributed by atoms with Gasteiger partial charge in [0.25, 0.3) is 5.56 Å². The van der Waals surface area contributed by atoms with Gasteiger partial charge < -0.3 is 4.90 Å². The number of aromatic nitrogens is 2. The summed E-state index contributed by atoms with van der Waals surface area (Å²) in [6.07, 6.45) is 4.25. The van der Waals surface area contributed by atoms with Crippen molar-refractivity contribution in [1.29, 1.82) is 0 Å². The highest BCUT2D eigenvalue weighted by Gasteiger charge is 2.34. The van der Waals surface area contributed by atoms with Gasteiger partial charge in [0, 0.05) is 25.6 Å². The minimum absolute atomic E-state index is 0.0705. The third kappa shape index (κ3) is 3.95. The fraction of sp³-hybridized carbons (Fsp3) is 0.381. The second-order valence-corrected chi connectivity index (χ2v) is 8.11. The number of thiophene rings is 1. The van der Waals surface area contributed by atoms with Crippen LogP contribution in [0.4, 0.5) is 0 Å². The quantitative estimate of drug-likeness (QED) is 0.627. The predicted molar refractivity (Wildman–Crippen MR) is 108 cm³/mol. The van der Waals surface area contributed by atoms with Crippen molar-refractivity contribution in [2.24, 2.45) is 5.92 Å². The zero-order valence-electron chi connectivity index (χ0n) is 15.4. The van der Waals surface area contributed by atoms with E-state index in [-0.39, 0.29) is 17.5 Å². The van der Waals surface area contributed by atoms with Crippen LogP contribution in [0.25, 0.3) is 10.2 Å². The Labute approximate surface area is 162 Å². The summed E-state index contributed by atoms with van der Waals surface area (Å²) in [5.74, 6) is 0.694. The van der Waals surface area contributed by atoms with Gasteiger partial charge in [-0.2, -0.15) is 0 Å². The van der Waals surface area contributed by atoms with Gasteiger partial charge in [-0.05, 0) is 42.7 Å². The zero-order chi connectivity index (χ0) is 18.8. The van der Waals surface area contributed by atoms with Gasteiger partial charge in [0.15, 0.2) is 0 Å². The number of aryl methyl sites for hydroxylation is 1. The fourth-order valence-corrected chi connectivity index (χ4v) is 4.21. The predicted octanol–water partition coefficient (Wildman–Crippen LogP) is 3.68. The van der Waals surface area contributed by atoms with Crippen LogP contribution in [0.3, 0.4) is 0 Å². The Balaban J connectivity index is 1.48. The molecular weight excluding hydrogens is 358 g/mol. The molecule has 0 radical (unpaired) electrons. The Kier molecular flexibility index (Phi) is 5.07. The van der Waals surface area contributed by atoms with E-state index in [1.165, 1.54) is 24.2 Å². The third-order valence-electron chi connectivity index (χ3n) is 5.33. The van der Waals surface area contributed by atoms with Crippen LogP contribution in [0.2, 0.25) is 0 Å². The lowest BCUT2D eigenvalue weighted by molar-refractivity contribution is -0.134. The van der Waals surface area contributed by atoms with Crippen molar-refractivity contribution in [1.82, 2.24) is 14.5 Å². The highest BCUT2D eigenvalue weighted by molar-refractivity contribution is 7.16. The van der Waals surface area contributed by atoms with Gasteiger partial charge in [0.1, 0.15) is 4.83 Å². The second-order valence-electron chi connectivity index (χ2n) is 7.22. The number of hydrogen-bond acceptors (Lipinski definition) is 4. The molecule has 3 aromatic rings. The van der Waals surface area contributed by atoms with E-state index in [1.807, 2.05) is 28.5 Å². The maximum absolute atomic E-state index is 13.0. The Morgan fingerprint density at radius 2 is 2.07 bits per heavy atom. The Hall–Kier alpha value is -2.47. The number of nitrogens with zero attached hydrogens (tertiary/aromatic N) is 3. The number of benzene rings is 1. The summed E-state index contributed by atoms with van der Waals surface area (Å²) < 4.78 is 1.55. The Morgan fingerprint density at radius 3 is 2.81 bits per heavy atom. The van der Waals surface area contributed by atoms with Gasteiger partial charge in [-0.15, -0.1) is 11.3 Å². The van der Waals surface area contributed by atoms with Gasteiger partial charge >= 0.3 is 0 Å². The summed E-state index contributed by atoms with van der Waals surface area (Å²) in [4.78, 5) is 32.6. The average Bonchev–Trinajstić information content (AvgIpc) is 3.43. The van der Waals surface area contributed by atoms with Crippen LogP contribution in [-0.2, 0) is 17.9 Å². The first-order valence-corrected chi connectivity index (χ1v) is 10.3.